The summed E-state index contributed by atoms with van der Waals surface area (Å²) in [5, 5.41) is 2.53. The fourth-order valence-electron chi connectivity index (χ4n) is 2.17. The van der Waals surface area contributed by atoms with Gasteiger partial charge >= 0.3 is 5.97 Å². The molecule has 0 saturated carbocycles. The first-order valence-electron chi connectivity index (χ1n) is 9.03. The summed E-state index contributed by atoms with van der Waals surface area (Å²) in [6.45, 7) is 2.93. The summed E-state index contributed by atoms with van der Waals surface area (Å²) < 4.78 is 16.0. The second-order valence-electron chi connectivity index (χ2n) is 5.79. The highest BCUT2D eigenvalue weighted by atomic mass is 16.6. The number of ether oxygens (including phenoxy) is 3. The molecule has 0 aliphatic heterocycles. The summed E-state index contributed by atoms with van der Waals surface area (Å²) in [7, 11) is 0. The van der Waals surface area contributed by atoms with Crippen molar-refractivity contribution < 1.29 is 23.8 Å². The van der Waals surface area contributed by atoms with Gasteiger partial charge in [0.25, 0.3) is 5.91 Å². The van der Waals surface area contributed by atoms with E-state index in [0.29, 0.717) is 17.9 Å². The van der Waals surface area contributed by atoms with Crippen LogP contribution in [0.15, 0.2) is 54.6 Å². The summed E-state index contributed by atoms with van der Waals surface area (Å²) in [6.07, 6.45) is 2.05. The van der Waals surface area contributed by atoms with E-state index in [0.717, 1.165) is 18.6 Å². The van der Waals surface area contributed by atoms with Gasteiger partial charge in [-0.1, -0.05) is 31.5 Å². The molecule has 0 radical (unpaired) electrons. The minimum absolute atomic E-state index is 0.118. The highest BCUT2D eigenvalue weighted by Gasteiger charge is 2.09. The fraction of sp³-hybridized carbons (Fsp3) is 0.333. The van der Waals surface area contributed by atoms with Gasteiger partial charge in [-0.25, -0.2) is 0 Å². The Balaban J connectivity index is 1.63. The molecular formula is C21H25NO5. The highest BCUT2D eigenvalue weighted by Crippen LogP contribution is 2.12. The van der Waals surface area contributed by atoms with Crippen LogP contribution in [0.3, 0.4) is 0 Å². The summed E-state index contributed by atoms with van der Waals surface area (Å²) in [5.41, 5.74) is 0.457. The average Bonchev–Trinajstić information content (AvgIpc) is 2.71. The van der Waals surface area contributed by atoms with Crippen molar-refractivity contribution in [3.05, 3.63) is 60.2 Å². The monoisotopic (exact) mass is 371 g/mol. The van der Waals surface area contributed by atoms with Crippen molar-refractivity contribution in [3.8, 4) is 11.5 Å². The van der Waals surface area contributed by atoms with E-state index < -0.39 is 5.97 Å². The average molecular weight is 371 g/mol. The van der Waals surface area contributed by atoms with E-state index in [2.05, 4.69) is 12.2 Å². The predicted molar refractivity (Wildman–Crippen MR) is 102 cm³/mol. The van der Waals surface area contributed by atoms with Crippen molar-refractivity contribution in [2.45, 2.75) is 19.8 Å². The van der Waals surface area contributed by atoms with Gasteiger partial charge < -0.3 is 19.5 Å². The van der Waals surface area contributed by atoms with Crippen LogP contribution in [-0.2, 0) is 9.53 Å². The summed E-state index contributed by atoms with van der Waals surface area (Å²) in [6, 6.07) is 16.1. The molecule has 0 atom stereocenters. The van der Waals surface area contributed by atoms with E-state index >= 15 is 0 Å². The molecule has 1 amide bonds. The van der Waals surface area contributed by atoms with Gasteiger partial charge in [0, 0.05) is 5.56 Å². The number of para-hydroxylation sites is 1. The Morgan fingerprint density at radius 3 is 2.22 bits per heavy atom. The number of unbranched alkanes of at least 4 members (excludes halogenated alkanes) is 1. The molecule has 0 aliphatic rings. The molecule has 0 saturated heterocycles. The number of carbonyl (C=O) groups is 2. The zero-order chi connectivity index (χ0) is 19.3. The number of nitrogens with one attached hydrogen (secondary N) is 1. The van der Waals surface area contributed by atoms with Gasteiger partial charge in [-0.05, 0) is 42.8 Å². The number of carbonyl (C=O) groups excluding carboxylic acids is 2. The van der Waals surface area contributed by atoms with Crippen LogP contribution in [0.5, 0.6) is 11.5 Å². The Kier molecular flexibility index (Phi) is 8.69. The number of hydrogen-bond acceptors (Lipinski definition) is 5. The first-order chi connectivity index (χ1) is 13.2. The summed E-state index contributed by atoms with van der Waals surface area (Å²) in [5.74, 6) is 0.578. The minimum atomic E-state index is -0.514. The second-order valence-corrected chi connectivity index (χ2v) is 5.79. The molecule has 2 aromatic rings. The smallest absolute Gasteiger partial charge is 0.325 e. The van der Waals surface area contributed by atoms with Gasteiger partial charge in [-0.2, -0.15) is 0 Å². The molecule has 0 heterocycles. The lowest BCUT2D eigenvalue weighted by Gasteiger charge is -2.09. The van der Waals surface area contributed by atoms with Crippen LogP contribution in [0.1, 0.15) is 30.1 Å². The Morgan fingerprint density at radius 2 is 1.52 bits per heavy atom. The first kappa shape index (κ1) is 20.3. The Hall–Kier alpha value is -3.02. The maximum absolute atomic E-state index is 12.1. The molecule has 0 bridgehead atoms. The van der Waals surface area contributed by atoms with Crippen LogP contribution in [0.25, 0.3) is 0 Å². The SMILES string of the molecule is CCCCOc1ccc(C(=O)NCC(=O)OCCOc2ccccc2)cc1. The molecule has 6 nitrogen and oxygen atoms in total. The normalized spacial score (nSPS) is 10.1. The van der Waals surface area contributed by atoms with Gasteiger partial charge in [-0.15, -0.1) is 0 Å². The second kappa shape index (κ2) is 11.6. The molecule has 1 N–H and O–H groups in total. The van der Waals surface area contributed by atoms with Crippen LogP contribution in [-0.4, -0.2) is 38.2 Å². The molecule has 6 heteroatoms. The lowest BCUT2D eigenvalue weighted by Crippen LogP contribution is -2.31. The van der Waals surface area contributed by atoms with E-state index in [1.54, 1.807) is 24.3 Å². The lowest BCUT2D eigenvalue weighted by atomic mass is 10.2. The van der Waals surface area contributed by atoms with Crippen LogP contribution < -0.4 is 14.8 Å². The summed E-state index contributed by atoms with van der Waals surface area (Å²) in [4.78, 5) is 23.7. The predicted octanol–water partition coefficient (Wildman–Crippen LogP) is 3.22. The number of benzene rings is 2. The van der Waals surface area contributed by atoms with Crippen molar-refractivity contribution in [2.75, 3.05) is 26.4 Å². The van der Waals surface area contributed by atoms with Crippen molar-refractivity contribution >= 4 is 11.9 Å². The van der Waals surface area contributed by atoms with E-state index in [9.17, 15) is 9.59 Å². The molecule has 144 valence electrons. The Bertz CT molecular complexity index is 700. The molecule has 0 aliphatic carbocycles. The fourth-order valence-corrected chi connectivity index (χ4v) is 2.17. The van der Waals surface area contributed by atoms with Crippen LogP contribution in [0.4, 0.5) is 0 Å². The number of hydrogen-bond donors (Lipinski definition) is 1. The molecule has 2 rings (SSSR count). The standard InChI is InChI=1S/C21H25NO5/c1-2-3-13-25-19-11-9-17(10-12-19)21(24)22-16-20(23)27-15-14-26-18-7-5-4-6-8-18/h4-12H,2-3,13-16H2,1H3,(H,22,24). The molecule has 2 aromatic carbocycles. The molecule has 0 unspecified atom stereocenters. The number of amides is 1. The highest BCUT2D eigenvalue weighted by molar-refractivity contribution is 5.96. The third kappa shape index (κ3) is 7.81. The number of rotatable bonds is 11. The maximum atomic E-state index is 12.1. The van der Waals surface area contributed by atoms with Crippen molar-refractivity contribution in [3.63, 3.8) is 0 Å². The number of esters is 1. The van der Waals surface area contributed by atoms with Crippen LogP contribution >= 0.6 is 0 Å². The Labute approximate surface area is 159 Å². The van der Waals surface area contributed by atoms with E-state index in [-0.39, 0.29) is 25.7 Å². The lowest BCUT2D eigenvalue weighted by molar-refractivity contribution is -0.143. The van der Waals surface area contributed by atoms with E-state index in [1.807, 2.05) is 30.3 Å². The van der Waals surface area contributed by atoms with E-state index in [4.69, 9.17) is 14.2 Å². The largest absolute Gasteiger partial charge is 0.494 e. The molecule has 27 heavy (non-hydrogen) atoms. The van der Waals surface area contributed by atoms with Gasteiger partial charge in [0.05, 0.1) is 6.61 Å². The molecule has 0 spiro atoms. The van der Waals surface area contributed by atoms with Crippen molar-refractivity contribution in [1.82, 2.24) is 5.32 Å². The molecule has 0 fully saturated rings. The van der Waals surface area contributed by atoms with Gasteiger partial charge in [0.15, 0.2) is 0 Å². The third-order valence-electron chi connectivity index (χ3n) is 3.63. The van der Waals surface area contributed by atoms with Gasteiger partial charge in [0.1, 0.15) is 31.3 Å². The topological polar surface area (TPSA) is 73.9 Å². The summed E-state index contributed by atoms with van der Waals surface area (Å²) >= 11 is 0. The van der Waals surface area contributed by atoms with Crippen LogP contribution in [0, 0.1) is 0 Å². The van der Waals surface area contributed by atoms with Gasteiger partial charge in [-0.3, -0.25) is 9.59 Å². The minimum Gasteiger partial charge on any atom is -0.494 e. The van der Waals surface area contributed by atoms with Crippen molar-refractivity contribution in [1.29, 1.82) is 0 Å². The zero-order valence-electron chi connectivity index (χ0n) is 15.5. The van der Waals surface area contributed by atoms with Gasteiger partial charge in [0.2, 0.25) is 0 Å². The zero-order valence-corrected chi connectivity index (χ0v) is 15.5. The van der Waals surface area contributed by atoms with Crippen LogP contribution in [0.2, 0.25) is 0 Å². The van der Waals surface area contributed by atoms with E-state index in [1.165, 1.54) is 0 Å². The maximum Gasteiger partial charge on any atom is 0.325 e. The molecule has 0 aromatic heterocycles. The quantitative estimate of drug-likeness (QED) is 0.485. The first-order valence-corrected chi connectivity index (χ1v) is 9.03. The van der Waals surface area contributed by atoms with Crippen molar-refractivity contribution in [2.24, 2.45) is 0 Å². The molecular weight excluding hydrogens is 346 g/mol. The Morgan fingerprint density at radius 1 is 0.852 bits per heavy atom. The third-order valence-corrected chi connectivity index (χ3v) is 3.63.